The van der Waals surface area contributed by atoms with Crippen molar-refractivity contribution in [3.63, 3.8) is 0 Å². The van der Waals surface area contributed by atoms with Gasteiger partial charge in [-0.3, -0.25) is 0 Å². The second kappa shape index (κ2) is 4.68. The number of aromatic nitrogens is 1. The number of rotatable bonds is 1. The molecule has 1 aliphatic rings. The van der Waals surface area contributed by atoms with E-state index in [0.29, 0.717) is 12.1 Å². The lowest BCUT2D eigenvalue weighted by atomic mass is 10.1. The number of hydrogen-bond acceptors (Lipinski definition) is 4. The first-order valence-corrected chi connectivity index (χ1v) is 7.39. The van der Waals surface area contributed by atoms with Crippen LogP contribution in [0, 0.1) is 0 Å². The lowest BCUT2D eigenvalue weighted by molar-refractivity contribution is 0.425. The van der Waals surface area contributed by atoms with Gasteiger partial charge in [0, 0.05) is 30.2 Å². The first kappa shape index (κ1) is 12.2. The zero-order valence-corrected chi connectivity index (χ0v) is 12.1. The predicted molar refractivity (Wildman–Crippen MR) is 78.9 cm³/mol. The lowest BCUT2D eigenvalue weighted by Crippen LogP contribution is -2.54. The van der Waals surface area contributed by atoms with Crippen LogP contribution in [0.4, 0.5) is 5.13 Å². The maximum Gasteiger partial charge on any atom is 0.186 e. The van der Waals surface area contributed by atoms with Crippen molar-refractivity contribution < 1.29 is 0 Å². The predicted octanol–water partition coefficient (Wildman–Crippen LogP) is 3.14. The molecule has 1 aliphatic heterocycles. The monoisotopic (exact) mass is 281 g/mol. The second-order valence-electron chi connectivity index (χ2n) is 4.92. The Labute approximate surface area is 116 Å². The van der Waals surface area contributed by atoms with Crippen LogP contribution in [0.3, 0.4) is 0 Å². The van der Waals surface area contributed by atoms with E-state index in [1.54, 1.807) is 11.3 Å². The maximum atomic E-state index is 6.02. The SMILES string of the molecule is C[C@@H]1CN(c2nc3ccc(Cl)cc3s2)[C@H](C)CN1. The molecule has 0 radical (unpaired) electrons. The molecule has 5 heteroatoms. The lowest BCUT2D eigenvalue weighted by Gasteiger charge is -2.37. The van der Waals surface area contributed by atoms with Gasteiger partial charge < -0.3 is 10.2 Å². The zero-order chi connectivity index (χ0) is 12.7. The van der Waals surface area contributed by atoms with E-state index in [1.807, 2.05) is 18.2 Å². The Morgan fingerprint density at radius 3 is 3.11 bits per heavy atom. The van der Waals surface area contributed by atoms with Gasteiger partial charge in [0.25, 0.3) is 0 Å². The highest BCUT2D eigenvalue weighted by Crippen LogP contribution is 2.32. The van der Waals surface area contributed by atoms with Crippen molar-refractivity contribution in [2.24, 2.45) is 0 Å². The molecule has 96 valence electrons. The van der Waals surface area contributed by atoms with Gasteiger partial charge in [-0.25, -0.2) is 4.98 Å². The summed E-state index contributed by atoms with van der Waals surface area (Å²) in [5.41, 5.74) is 1.04. The molecule has 3 nitrogen and oxygen atoms in total. The van der Waals surface area contributed by atoms with Crippen LogP contribution >= 0.6 is 22.9 Å². The molecule has 0 bridgehead atoms. The van der Waals surface area contributed by atoms with E-state index < -0.39 is 0 Å². The molecule has 18 heavy (non-hydrogen) atoms. The number of thiazole rings is 1. The Hall–Kier alpha value is -0.840. The molecule has 2 aromatic rings. The van der Waals surface area contributed by atoms with Crippen LogP contribution in [0.15, 0.2) is 18.2 Å². The highest BCUT2D eigenvalue weighted by molar-refractivity contribution is 7.22. The van der Waals surface area contributed by atoms with E-state index in [-0.39, 0.29) is 0 Å². The Bertz CT molecular complexity index is 568. The summed E-state index contributed by atoms with van der Waals surface area (Å²) < 4.78 is 1.16. The molecule has 2 heterocycles. The van der Waals surface area contributed by atoms with Gasteiger partial charge >= 0.3 is 0 Å². The third-order valence-corrected chi connectivity index (χ3v) is 4.64. The summed E-state index contributed by atoms with van der Waals surface area (Å²) in [6.45, 7) is 6.47. The second-order valence-corrected chi connectivity index (χ2v) is 6.36. The normalized spacial score (nSPS) is 24.7. The minimum Gasteiger partial charge on any atom is -0.343 e. The molecule has 0 spiro atoms. The number of nitrogens with one attached hydrogen (secondary N) is 1. The van der Waals surface area contributed by atoms with Gasteiger partial charge in [0.2, 0.25) is 0 Å². The minimum atomic E-state index is 0.484. The van der Waals surface area contributed by atoms with Crippen molar-refractivity contribution >= 4 is 38.3 Å². The van der Waals surface area contributed by atoms with Crippen molar-refractivity contribution in [2.75, 3.05) is 18.0 Å². The molecule has 3 rings (SSSR count). The molecule has 1 fully saturated rings. The summed E-state index contributed by atoms with van der Waals surface area (Å²) in [4.78, 5) is 7.11. The van der Waals surface area contributed by atoms with E-state index >= 15 is 0 Å². The van der Waals surface area contributed by atoms with E-state index in [9.17, 15) is 0 Å². The molecule has 1 aromatic carbocycles. The molecular weight excluding hydrogens is 266 g/mol. The summed E-state index contributed by atoms with van der Waals surface area (Å²) >= 11 is 7.75. The Kier molecular flexibility index (Phi) is 3.18. The topological polar surface area (TPSA) is 28.2 Å². The molecule has 0 unspecified atom stereocenters. The van der Waals surface area contributed by atoms with Gasteiger partial charge in [-0.05, 0) is 32.0 Å². The molecule has 0 saturated carbocycles. The van der Waals surface area contributed by atoms with Crippen molar-refractivity contribution in [3.05, 3.63) is 23.2 Å². The molecule has 0 aliphatic carbocycles. The summed E-state index contributed by atoms with van der Waals surface area (Å²) in [5, 5.41) is 5.37. The molecule has 0 amide bonds. The van der Waals surface area contributed by atoms with Crippen molar-refractivity contribution in [1.82, 2.24) is 10.3 Å². The number of benzene rings is 1. The van der Waals surface area contributed by atoms with Gasteiger partial charge in [-0.1, -0.05) is 22.9 Å². The van der Waals surface area contributed by atoms with Crippen molar-refractivity contribution in [1.29, 1.82) is 0 Å². The zero-order valence-electron chi connectivity index (χ0n) is 10.5. The fourth-order valence-electron chi connectivity index (χ4n) is 2.30. The maximum absolute atomic E-state index is 6.02. The smallest absolute Gasteiger partial charge is 0.186 e. The fourth-order valence-corrected chi connectivity index (χ4v) is 3.65. The molecular formula is C13H16ClN3S. The number of hydrogen-bond donors (Lipinski definition) is 1. The van der Waals surface area contributed by atoms with Crippen molar-refractivity contribution in [3.8, 4) is 0 Å². The number of anilines is 1. The number of halogens is 1. The standard InChI is InChI=1S/C13H16ClN3S/c1-8-7-17(9(2)6-15-8)13-16-11-4-3-10(14)5-12(11)18-13/h3-5,8-9,15H,6-7H2,1-2H3/t8-,9-/m1/s1. The van der Waals surface area contributed by atoms with Gasteiger partial charge in [0.15, 0.2) is 5.13 Å². The Morgan fingerprint density at radius 1 is 1.44 bits per heavy atom. The minimum absolute atomic E-state index is 0.484. The third-order valence-electron chi connectivity index (χ3n) is 3.35. The fraction of sp³-hybridized carbons (Fsp3) is 0.462. The third kappa shape index (κ3) is 2.20. The van der Waals surface area contributed by atoms with Crippen molar-refractivity contribution in [2.45, 2.75) is 25.9 Å². The van der Waals surface area contributed by atoms with Gasteiger partial charge in [-0.15, -0.1) is 0 Å². The largest absolute Gasteiger partial charge is 0.343 e. The summed E-state index contributed by atoms with van der Waals surface area (Å²) in [6, 6.07) is 6.88. The number of piperazine rings is 1. The van der Waals surface area contributed by atoms with E-state index in [0.717, 1.165) is 33.5 Å². The Morgan fingerprint density at radius 2 is 2.28 bits per heavy atom. The average Bonchev–Trinajstić information content (AvgIpc) is 2.74. The van der Waals surface area contributed by atoms with Crippen LogP contribution in [0.2, 0.25) is 5.02 Å². The molecule has 1 saturated heterocycles. The number of nitrogens with zero attached hydrogens (tertiary/aromatic N) is 2. The van der Waals surface area contributed by atoms with Crippen LogP contribution < -0.4 is 10.2 Å². The quantitative estimate of drug-likeness (QED) is 0.870. The van der Waals surface area contributed by atoms with Crippen LogP contribution in [-0.4, -0.2) is 30.2 Å². The van der Waals surface area contributed by atoms with Gasteiger partial charge in [0.05, 0.1) is 10.2 Å². The van der Waals surface area contributed by atoms with Crippen LogP contribution in [-0.2, 0) is 0 Å². The summed E-state index contributed by atoms with van der Waals surface area (Å²) in [7, 11) is 0. The van der Waals surface area contributed by atoms with Gasteiger partial charge in [-0.2, -0.15) is 0 Å². The average molecular weight is 282 g/mol. The highest BCUT2D eigenvalue weighted by atomic mass is 35.5. The molecule has 2 atom stereocenters. The van der Waals surface area contributed by atoms with Crippen LogP contribution in [0.25, 0.3) is 10.2 Å². The van der Waals surface area contributed by atoms with Crippen LogP contribution in [0.1, 0.15) is 13.8 Å². The first-order chi connectivity index (χ1) is 8.63. The van der Waals surface area contributed by atoms with E-state index in [4.69, 9.17) is 16.6 Å². The van der Waals surface area contributed by atoms with Gasteiger partial charge in [0.1, 0.15) is 0 Å². The molecule has 1 aromatic heterocycles. The van der Waals surface area contributed by atoms with E-state index in [2.05, 4.69) is 24.1 Å². The van der Waals surface area contributed by atoms with E-state index in [1.165, 1.54) is 0 Å². The number of fused-ring (bicyclic) bond motifs is 1. The van der Waals surface area contributed by atoms with Crippen LogP contribution in [0.5, 0.6) is 0 Å². The summed E-state index contributed by atoms with van der Waals surface area (Å²) in [6.07, 6.45) is 0. The highest BCUT2D eigenvalue weighted by Gasteiger charge is 2.24. The first-order valence-electron chi connectivity index (χ1n) is 6.19. The Balaban J connectivity index is 1.97. The molecule has 1 N–H and O–H groups in total. The summed E-state index contributed by atoms with van der Waals surface area (Å²) in [5.74, 6) is 0.